The lowest BCUT2D eigenvalue weighted by Crippen LogP contribution is -2.35. The van der Waals surface area contributed by atoms with Crippen LogP contribution in [0.5, 0.6) is 0 Å². The first-order valence-corrected chi connectivity index (χ1v) is 13.4. The molecule has 1 saturated heterocycles. The van der Waals surface area contributed by atoms with Crippen LogP contribution in [0.4, 0.5) is 11.4 Å². The van der Waals surface area contributed by atoms with Crippen molar-refractivity contribution in [1.29, 1.82) is 0 Å². The van der Waals surface area contributed by atoms with Gasteiger partial charge in [0.1, 0.15) is 0 Å². The number of benzene rings is 2. The summed E-state index contributed by atoms with van der Waals surface area (Å²) < 4.78 is 0. The predicted molar refractivity (Wildman–Crippen MR) is 146 cm³/mol. The second-order valence-electron chi connectivity index (χ2n) is 10.5. The van der Waals surface area contributed by atoms with E-state index in [2.05, 4.69) is 43.2 Å². The van der Waals surface area contributed by atoms with Crippen LogP contribution in [0.25, 0.3) is 0 Å². The van der Waals surface area contributed by atoms with Gasteiger partial charge in [0.05, 0.1) is 5.56 Å². The first kappa shape index (κ1) is 26.8. The number of unbranched alkanes of at least 4 members (excludes halogenated alkanes) is 3. The lowest BCUT2D eigenvalue weighted by atomic mass is 9.97. The summed E-state index contributed by atoms with van der Waals surface area (Å²) >= 11 is 0. The molecule has 5 nitrogen and oxygen atoms in total. The highest BCUT2D eigenvalue weighted by Crippen LogP contribution is 2.29. The average Bonchev–Trinajstić information content (AvgIpc) is 2.86. The number of amides is 2. The van der Waals surface area contributed by atoms with Crippen LogP contribution in [-0.4, -0.2) is 31.4 Å². The van der Waals surface area contributed by atoms with Gasteiger partial charge >= 0.3 is 0 Å². The van der Waals surface area contributed by atoms with Crippen LogP contribution < -0.4 is 15.5 Å². The Morgan fingerprint density at radius 2 is 1.69 bits per heavy atom. The van der Waals surface area contributed by atoms with E-state index in [1.807, 2.05) is 42.5 Å². The highest BCUT2D eigenvalue weighted by molar-refractivity contribution is 6.06. The molecule has 0 aliphatic carbocycles. The predicted octanol–water partition coefficient (Wildman–Crippen LogP) is 6.68. The van der Waals surface area contributed by atoms with Gasteiger partial charge in [-0.15, -0.1) is 0 Å². The van der Waals surface area contributed by atoms with E-state index in [9.17, 15) is 9.59 Å². The van der Waals surface area contributed by atoms with Gasteiger partial charge in [0, 0.05) is 36.6 Å². The van der Waals surface area contributed by atoms with E-state index in [0.29, 0.717) is 35.2 Å². The number of anilines is 2. The molecule has 0 spiro atoms. The quantitative estimate of drug-likeness (QED) is 0.355. The Hall–Kier alpha value is -2.82. The van der Waals surface area contributed by atoms with Crippen molar-refractivity contribution >= 4 is 23.2 Å². The fraction of sp³-hybridized carbons (Fsp3) is 0.533. The van der Waals surface area contributed by atoms with Crippen LogP contribution in [0, 0.1) is 11.8 Å². The van der Waals surface area contributed by atoms with Gasteiger partial charge in [0.15, 0.2) is 0 Å². The number of hydrogen-bond acceptors (Lipinski definition) is 3. The summed E-state index contributed by atoms with van der Waals surface area (Å²) in [5.41, 5.74) is 4.11. The average molecular weight is 478 g/mol. The molecule has 2 aromatic carbocycles. The van der Waals surface area contributed by atoms with Gasteiger partial charge in [-0.2, -0.15) is 0 Å². The topological polar surface area (TPSA) is 61.4 Å². The van der Waals surface area contributed by atoms with Crippen LogP contribution in [0.1, 0.15) is 92.5 Å². The maximum Gasteiger partial charge on any atom is 0.255 e. The van der Waals surface area contributed by atoms with Crippen LogP contribution in [0.15, 0.2) is 42.5 Å². The van der Waals surface area contributed by atoms with Crippen molar-refractivity contribution in [2.75, 3.05) is 29.9 Å². The zero-order valence-electron chi connectivity index (χ0n) is 22.0. The van der Waals surface area contributed by atoms with Crippen LogP contribution in [0.2, 0.25) is 0 Å². The Bertz CT molecular complexity index is 960. The molecule has 0 atom stereocenters. The Morgan fingerprint density at radius 1 is 0.971 bits per heavy atom. The molecule has 3 rings (SSSR count). The van der Waals surface area contributed by atoms with Gasteiger partial charge in [0.2, 0.25) is 0 Å². The summed E-state index contributed by atoms with van der Waals surface area (Å²) in [6.45, 7) is 11.2. The van der Waals surface area contributed by atoms with E-state index in [0.717, 1.165) is 38.0 Å². The fourth-order valence-electron chi connectivity index (χ4n) is 4.49. The van der Waals surface area contributed by atoms with E-state index in [4.69, 9.17) is 0 Å². The Labute approximate surface area is 211 Å². The lowest BCUT2D eigenvalue weighted by Gasteiger charge is -2.33. The minimum atomic E-state index is -0.157. The zero-order valence-corrected chi connectivity index (χ0v) is 22.0. The fourth-order valence-corrected chi connectivity index (χ4v) is 4.49. The van der Waals surface area contributed by atoms with Crippen LogP contribution in [-0.2, 0) is 6.42 Å². The number of nitrogens with one attached hydrogen (secondary N) is 2. The zero-order chi connectivity index (χ0) is 25.2. The van der Waals surface area contributed by atoms with Crippen molar-refractivity contribution in [2.45, 2.75) is 72.6 Å². The Balaban J connectivity index is 1.72. The molecule has 0 aromatic heterocycles. The summed E-state index contributed by atoms with van der Waals surface area (Å²) in [4.78, 5) is 28.3. The van der Waals surface area contributed by atoms with Gasteiger partial charge in [-0.1, -0.05) is 59.1 Å². The number of nitrogens with zero attached hydrogens (tertiary/aromatic N) is 1. The van der Waals surface area contributed by atoms with Crippen molar-refractivity contribution < 1.29 is 9.59 Å². The van der Waals surface area contributed by atoms with Gasteiger partial charge in [0.25, 0.3) is 11.8 Å². The molecule has 0 unspecified atom stereocenters. The summed E-state index contributed by atoms with van der Waals surface area (Å²) in [5.74, 6) is 0.841. The second-order valence-corrected chi connectivity index (χ2v) is 10.5. The molecule has 0 saturated carbocycles. The standard InChI is InChI=1S/C30H43N3O2/c1-5-6-7-8-9-24-10-12-25(13-11-24)29(34)32-26-14-15-28(33-18-16-23(4)17-19-33)27(20-26)30(35)31-21-22(2)3/h10-15,20,22-23H,5-9,16-19,21H2,1-4H3,(H,31,35)(H,32,34). The van der Waals surface area contributed by atoms with E-state index in [1.54, 1.807) is 0 Å². The maximum atomic E-state index is 13.1. The van der Waals surface area contributed by atoms with Crippen LogP contribution in [0.3, 0.4) is 0 Å². The third-order valence-electron chi connectivity index (χ3n) is 6.83. The van der Waals surface area contributed by atoms with E-state index in [-0.39, 0.29) is 11.8 Å². The number of carbonyl (C=O) groups is 2. The number of carbonyl (C=O) groups excluding carboxylic acids is 2. The molecule has 1 fully saturated rings. The van der Waals surface area contributed by atoms with E-state index >= 15 is 0 Å². The van der Waals surface area contributed by atoms with Gasteiger partial charge in [-0.25, -0.2) is 0 Å². The maximum absolute atomic E-state index is 13.1. The van der Waals surface area contributed by atoms with Gasteiger partial charge in [-0.05, 0) is 73.4 Å². The third kappa shape index (κ3) is 8.12. The van der Waals surface area contributed by atoms with Crippen molar-refractivity contribution in [1.82, 2.24) is 5.32 Å². The molecule has 2 aromatic rings. The molecular weight excluding hydrogens is 434 g/mol. The highest BCUT2D eigenvalue weighted by Gasteiger charge is 2.22. The smallest absolute Gasteiger partial charge is 0.255 e. The molecular formula is C30H43N3O2. The largest absolute Gasteiger partial charge is 0.371 e. The van der Waals surface area contributed by atoms with Gasteiger partial charge < -0.3 is 15.5 Å². The third-order valence-corrected chi connectivity index (χ3v) is 6.83. The van der Waals surface area contributed by atoms with Crippen molar-refractivity contribution in [3.63, 3.8) is 0 Å². The summed E-state index contributed by atoms with van der Waals surface area (Å²) in [5, 5.41) is 6.05. The summed E-state index contributed by atoms with van der Waals surface area (Å²) in [6.07, 6.45) is 8.24. The molecule has 1 aliphatic rings. The minimum Gasteiger partial charge on any atom is -0.371 e. The minimum absolute atomic E-state index is 0.0872. The number of rotatable bonds is 11. The monoisotopic (exact) mass is 477 g/mol. The van der Waals surface area contributed by atoms with Crippen LogP contribution >= 0.6 is 0 Å². The van der Waals surface area contributed by atoms with Gasteiger partial charge in [-0.3, -0.25) is 9.59 Å². The lowest BCUT2D eigenvalue weighted by molar-refractivity contribution is 0.0948. The molecule has 35 heavy (non-hydrogen) atoms. The Kier molecular flexibility index (Phi) is 10.2. The SMILES string of the molecule is CCCCCCc1ccc(C(=O)Nc2ccc(N3CCC(C)CC3)c(C(=O)NCC(C)C)c2)cc1. The summed E-state index contributed by atoms with van der Waals surface area (Å²) in [7, 11) is 0. The molecule has 1 heterocycles. The van der Waals surface area contributed by atoms with E-state index in [1.165, 1.54) is 31.2 Å². The van der Waals surface area contributed by atoms with Crippen molar-refractivity contribution in [2.24, 2.45) is 11.8 Å². The molecule has 0 radical (unpaired) electrons. The second kappa shape index (κ2) is 13.3. The normalized spacial score (nSPS) is 14.3. The molecule has 5 heteroatoms. The number of piperidine rings is 1. The number of hydrogen-bond donors (Lipinski definition) is 2. The van der Waals surface area contributed by atoms with Crippen molar-refractivity contribution in [3.8, 4) is 0 Å². The highest BCUT2D eigenvalue weighted by atomic mass is 16.2. The summed E-state index contributed by atoms with van der Waals surface area (Å²) in [6, 6.07) is 13.6. The molecule has 0 bridgehead atoms. The number of aryl methyl sites for hydroxylation is 1. The molecule has 2 N–H and O–H groups in total. The molecule has 1 aliphatic heterocycles. The first-order valence-electron chi connectivity index (χ1n) is 13.4. The Morgan fingerprint density at radius 3 is 2.34 bits per heavy atom. The molecule has 190 valence electrons. The van der Waals surface area contributed by atoms with Crippen molar-refractivity contribution in [3.05, 3.63) is 59.2 Å². The van der Waals surface area contributed by atoms with E-state index < -0.39 is 0 Å². The molecule has 2 amide bonds. The first-order chi connectivity index (χ1) is 16.9.